The van der Waals surface area contributed by atoms with Gasteiger partial charge in [-0.05, 0) is 37.9 Å². The van der Waals surface area contributed by atoms with Crippen molar-refractivity contribution in [3.05, 3.63) is 36.1 Å². The Kier molecular flexibility index (Phi) is 4.85. The molecule has 1 aliphatic rings. The highest BCUT2D eigenvalue weighted by molar-refractivity contribution is 5.96. The zero-order chi connectivity index (χ0) is 17.1. The van der Waals surface area contributed by atoms with Crippen LogP contribution in [-0.2, 0) is 4.79 Å². The number of nitrogens with one attached hydrogen (secondary N) is 1. The number of hydrogen-bond donors (Lipinski definition) is 2. The van der Waals surface area contributed by atoms with Crippen LogP contribution in [0.3, 0.4) is 0 Å². The highest BCUT2D eigenvalue weighted by Gasteiger charge is 2.30. The summed E-state index contributed by atoms with van der Waals surface area (Å²) in [6.45, 7) is 3.17. The standard InChI is InChI=1S/C18H22N2O4/c1-2-14(18(22)23)20-9-5-7-13(11-20)19-17(21)16-10-12-6-3-4-8-15(12)24-16/h3-4,6,8,10,13-14H,2,5,7,9,11H2,1H3,(H,19,21)(H,22,23). The molecule has 3 rings (SSSR count). The molecule has 1 fully saturated rings. The van der Waals surface area contributed by atoms with Gasteiger partial charge in [0.25, 0.3) is 5.91 Å². The number of benzene rings is 1. The molecule has 2 aromatic rings. The van der Waals surface area contributed by atoms with Crippen molar-refractivity contribution in [2.45, 2.75) is 38.3 Å². The number of piperidine rings is 1. The summed E-state index contributed by atoms with van der Waals surface area (Å²) in [7, 11) is 0. The Morgan fingerprint density at radius 1 is 1.42 bits per heavy atom. The highest BCUT2D eigenvalue weighted by atomic mass is 16.4. The van der Waals surface area contributed by atoms with Crippen LogP contribution in [0, 0.1) is 0 Å². The van der Waals surface area contributed by atoms with E-state index >= 15 is 0 Å². The number of hydrogen-bond acceptors (Lipinski definition) is 4. The molecule has 0 bridgehead atoms. The van der Waals surface area contributed by atoms with Gasteiger partial charge in [-0.2, -0.15) is 0 Å². The smallest absolute Gasteiger partial charge is 0.320 e. The fourth-order valence-electron chi connectivity index (χ4n) is 3.35. The van der Waals surface area contributed by atoms with E-state index in [1.54, 1.807) is 6.07 Å². The van der Waals surface area contributed by atoms with Crippen LogP contribution in [0.5, 0.6) is 0 Å². The number of nitrogens with zero attached hydrogens (tertiary/aromatic N) is 1. The van der Waals surface area contributed by atoms with Gasteiger partial charge < -0.3 is 14.8 Å². The van der Waals surface area contributed by atoms with Crippen molar-refractivity contribution in [2.75, 3.05) is 13.1 Å². The lowest BCUT2D eigenvalue weighted by atomic mass is 10.0. The van der Waals surface area contributed by atoms with E-state index in [2.05, 4.69) is 5.32 Å². The summed E-state index contributed by atoms with van der Waals surface area (Å²) in [5.74, 6) is -0.762. The lowest BCUT2D eigenvalue weighted by Gasteiger charge is -2.36. The number of rotatable bonds is 5. The van der Waals surface area contributed by atoms with Gasteiger partial charge in [-0.25, -0.2) is 0 Å². The Hall–Kier alpha value is -2.34. The van der Waals surface area contributed by atoms with Crippen LogP contribution < -0.4 is 5.32 Å². The van der Waals surface area contributed by atoms with E-state index in [-0.39, 0.29) is 11.9 Å². The van der Waals surface area contributed by atoms with Gasteiger partial charge in [-0.15, -0.1) is 0 Å². The molecule has 0 radical (unpaired) electrons. The molecule has 0 aliphatic carbocycles. The van der Waals surface area contributed by atoms with Crippen LogP contribution in [0.1, 0.15) is 36.7 Å². The highest BCUT2D eigenvalue weighted by Crippen LogP contribution is 2.20. The summed E-state index contributed by atoms with van der Waals surface area (Å²) < 4.78 is 5.59. The lowest BCUT2D eigenvalue weighted by Crippen LogP contribution is -2.52. The quantitative estimate of drug-likeness (QED) is 0.880. The van der Waals surface area contributed by atoms with E-state index in [1.807, 2.05) is 36.1 Å². The Morgan fingerprint density at radius 2 is 2.21 bits per heavy atom. The van der Waals surface area contributed by atoms with Crippen LogP contribution in [-0.4, -0.2) is 47.1 Å². The van der Waals surface area contributed by atoms with Gasteiger partial charge in [0, 0.05) is 18.0 Å². The normalized spacial score (nSPS) is 20.0. The van der Waals surface area contributed by atoms with Crippen molar-refractivity contribution in [3.8, 4) is 0 Å². The lowest BCUT2D eigenvalue weighted by molar-refractivity contribution is -0.144. The molecule has 1 aromatic heterocycles. The summed E-state index contributed by atoms with van der Waals surface area (Å²) in [5, 5.41) is 13.2. The molecule has 24 heavy (non-hydrogen) atoms. The molecular formula is C18H22N2O4. The Balaban J connectivity index is 1.66. The minimum absolute atomic E-state index is 0.0622. The predicted octanol–water partition coefficient (Wildman–Crippen LogP) is 2.49. The summed E-state index contributed by atoms with van der Waals surface area (Å²) in [5.41, 5.74) is 0.685. The van der Waals surface area contributed by atoms with E-state index in [4.69, 9.17) is 4.42 Å². The molecule has 0 spiro atoms. The molecule has 6 nitrogen and oxygen atoms in total. The molecule has 2 atom stereocenters. The number of carbonyl (C=O) groups excluding carboxylic acids is 1. The number of furan rings is 1. The molecule has 1 amide bonds. The number of carboxylic acid groups (broad SMARTS) is 1. The van der Waals surface area contributed by atoms with Crippen LogP contribution in [0.2, 0.25) is 0 Å². The molecule has 2 heterocycles. The SMILES string of the molecule is CCC(C(=O)O)N1CCCC(NC(=O)c2cc3ccccc3o2)C1. The molecule has 1 saturated heterocycles. The van der Waals surface area contributed by atoms with Crippen molar-refractivity contribution in [1.29, 1.82) is 0 Å². The zero-order valence-electron chi connectivity index (χ0n) is 13.7. The molecular weight excluding hydrogens is 308 g/mol. The number of amides is 1. The third-order valence-corrected chi connectivity index (χ3v) is 4.55. The third-order valence-electron chi connectivity index (χ3n) is 4.55. The van der Waals surface area contributed by atoms with Crippen LogP contribution >= 0.6 is 0 Å². The molecule has 0 saturated carbocycles. The first kappa shape index (κ1) is 16.5. The minimum Gasteiger partial charge on any atom is -0.480 e. The molecule has 1 aliphatic heterocycles. The second kappa shape index (κ2) is 7.05. The number of likely N-dealkylation sites (tertiary alicyclic amines) is 1. The summed E-state index contributed by atoms with van der Waals surface area (Å²) in [6.07, 6.45) is 2.27. The number of aliphatic carboxylic acids is 1. The Morgan fingerprint density at radius 3 is 2.92 bits per heavy atom. The molecule has 1 aromatic carbocycles. The Labute approximate surface area is 140 Å². The van der Waals surface area contributed by atoms with Crippen LogP contribution in [0.25, 0.3) is 11.0 Å². The van der Waals surface area contributed by atoms with Crippen molar-refractivity contribution >= 4 is 22.8 Å². The monoisotopic (exact) mass is 330 g/mol. The molecule has 6 heteroatoms. The summed E-state index contributed by atoms with van der Waals surface area (Å²) in [6, 6.07) is 8.67. The summed E-state index contributed by atoms with van der Waals surface area (Å²) in [4.78, 5) is 25.7. The van der Waals surface area contributed by atoms with Gasteiger partial charge in [-0.1, -0.05) is 25.1 Å². The van der Waals surface area contributed by atoms with Crippen molar-refractivity contribution in [1.82, 2.24) is 10.2 Å². The largest absolute Gasteiger partial charge is 0.480 e. The first-order chi connectivity index (χ1) is 11.6. The maximum atomic E-state index is 12.4. The second-order valence-corrected chi connectivity index (χ2v) is 6.22. The average molecular weight is 330 g/mol. The first-order valence-corrected chi connectivity index (χ1v) is 8.34. The van der Waals surface area contributed by atoms with Gasteiger partial charge in [0.05, 0.1) is 0 Å². The third kappa shape index (κ3) is 3.43. The second-order valence-electron chi connectivity index (χ2n) is 6.22. The average Bonchev–Trinajstić information content (AvgIpc) is 3.00. The summed E-state index contributed by atoms with van der Waals surface area (Å²) >= 11 is 0. The van der Waals surface area contributed by atoms with Gasteiger partial charge >= 0.3 is 5.97 Å². The fourth-order valence-corrected chi connectivity index (χ4v) is 3.35. The van der Waals surface area contributed by atoms with Crippen LogP contribution in [0.15, 0.2) is 34.7 Å². The van der Waals surface area contributed by atoms with Gasteiger partial charge in [-0.3, -0.25) is 14.5 Å². The Bertz CT molecular complexity index is 706. The van der Waals surface area contributed by atoms with Crippen molar-refractivity contribution in [3.63, 3.8) is 0 Å². The first-order valence-electron chi connectivity index (χ1n) is 8.34. The topological polar surface area (TPSA) is 82.8 Å². The minimum atomic E-state index is -0.804. The van der Waals surface area contributed by atoms with Gasteiger partial charge in [0.2, 0.25) is 0 Å². The number of para-hydroxylation sites is 1. The van der Waals surface area contributed by atoms with E-state index in [0.717, 1.165) is 24.8 Å². The van der Waals surface area contributed by atoms with Gasteiger partial charge in [0.1, 0.15) is 11.6 Å². The number of carbonyl (C=O) groups is 2. The number of carboxylic acids is 1. The maximum Gasteiger partial charge on any atom is 0.320 e. The van der Waals surface area contributed by atoms with E-state index in [1.165, 1.54) is 0 Å². The van der Waals surface area contributed by atoms with E-state index in [9.17, 15) is 14.7 Å². The molecule has 128 valence electrons. The maximum absolute atomic E-state index is 12.4. The van der Waals surface area contributed by atoms with Crippen LogP contribution in [0.4, 0.5) is 0 Å². The van der Waals surface area contributed by atoms with Gasteiger partial charge in [0.15, 0.2) is 5.76 Å². The number of fused-ring (bicyclic) bond motifs is 1. The molecule has 2 N–H and O–H groups in total. The zero-order valence-corrected chi connectivity index (χ0v) is 13.7. The predicted molar refractivity (Wildman–Crippen MR) is 90.0 cm³/mol. The van der Waals surface area contributed by atoms with E-state index in [0.29, 0.717) is 24.3 Å². The van der Waals surface area contributed by atoms with Crippen molar-refractivity contribution < 1.29 is 19.1 Å². The van der Waals surface area contributed by atoms with E-state index < -0.39 is 12.0 Å². The fraction of sp³-hybridized carbons (Fsp3) is 0.444. The molecule has 2 unspecified atom stereocenters. The van der Waals surface area contributed by atoms with Crippen molar-refractivity contribution in [2.24, 2.45) is 0 Å².